The molecule has 2 atom stereocenters. The van der Waals surface area contributed by atoms with Crippen LogP contribution >= 0.6 is 0 Å². The Hall–Kier alpha value is -0.750. The van der Waals surface area contributed by atoms with E-state index in [0.29, 0.717) is 6.92 Å². The van der Waals surface area contributed by atoms with Gasteiger partial charge in [-0.25, -0.2) is 13.8 Å². The lowest BCUT2D eigenvalue weighted by Crippen LogP contribution is -2.40. The summed E-state index contributed by atoms with van der Waals surface area (Å²) in [5.41, 5.74) is 0. The molecule has 0 saturated carbocycles. The number of hydrogen-bond donors (Lipinski definition) is 1. The summed E-state index contributed by atoms with van der Waals surface area (Å²) in [5.74, 6) is -5.31. The molecule has 0 aromatic rings. The van der Waals surface area contributed by atoms with Crippen LogP contribution in [0.4, 0.5) is 8.78 Å². The number of aliphatic hydroxyl groups excluding tert-OH is 1. The molecule has 6 heteroatoms. The molecular weight excluding hydrogens is 196 g/mol. The van der Waals surface area contributed by atoms with Crippen molar-refractivity contribution in [3.63, 3.8) is 0 Å². The average molecular weight is 209 g/mol. The molecule has 0 radical (unpaired) electrons. The number of halogens is 2. The van der Waals surface area contributed by atoms with Crippen molar-refractivity contribution in [3.8, 4) is 0 Å². The zero-order chi connectivity index (χ0) is 10.9. The highest BCUT2D eigenvalue weighted by Crippen LogP contribution is 2.26. The van der Waals surface area contributed by atoms with Gasteiger partial charge in [0.05, 0.1) is 12.6 Å². The first-order valence-corrected chi connectivity index (χ1v) is 4.32. The fraction of sp³-hybridized carbons (Fsp3) is 0.875. The van der Waals surface area contributed by atoms with E-state index in [4.69, 9.17) is 9.94 Å². The highest BCUT2D eigenvalue weighted by molar-refractivity contribution is 5.78. The number of nitrogens with zero attached hydrogens (tertiary/aromatic N) is 1. The minimum Gasteiger partial charge on any atom is -0.389 e. The van der Waals surface area contributed by atoms with Crippen molar-refractivity contribution in [2.24, 2.45) is 5.92 Å². The molecule has 0 aliphatic carbocycles. The van der Waals surface area contributed by atoms with Gasteiger partial charge in [0, 0.05) is 6.92 Å². The van der Waals surface area contributed by atoms with Gasteiger partial charge in [0.15, 0.2) is 0 Å². The predicted octanol–water partition coefficient (Wildman–Crippen LogP) is 0.412. The van der Waals surface area contributed by atoms with Crippen LogP contribution in [0.15, 0.2) is 0 Å². The van der Waals surface area contributed by atoms with Crippen LogP contribution in [0.5, 0.6) is 0 Å². The van der Waals surface area contributed by atoms with Gasteiger partial charge < -0.3 is 5.11 Å². The van der Waals surface area contributed by atoms with Crippen molar-refractivity contribution >= 4 is 5.91 Å². The number of hydrogen-bond acceptors (Lipinski definition) is 3. The number of carbonyl (C=O) groups excluding carboxylic acids is 1. The van der Waals surface area contributed by atoms with Gasteiger partial charge in [-0.3, -0.25) is 9.63 Å². The molecule has 1 amide bonds. The number of aliphatic hydroxyl groups is 1. The summed E-state index contributed by atoms with van der Waals surface area (Å²) < 4.78 is 25.5. The Kier molecular flexibility index (Phi) is 3.06. The molecular formula is C8H13F2NO3. The second kappa shape index (κ2) is 3.78. The molecule has 0 bridgehead atoms. The van der Waals surface area contributed by atoms with Crippen LogP contribution in [-0.4, -0.2) is 41.3 Å². The van der Waals surface area contributed by atoms with Gasteiger partial charge in [0.2, 0.25) is 0 Å². The summed E-state index contributed by atoms with van der Waals surface area (Å²) in [6.45, 7) is 1.76. The molecule has 0 spiro atoms. The lowest BCUT2D eigenvalue weighted by atomic mass is 10.0. The van der Waals surface area contributed by atoms with E-state index in [-0.39, 0.29) is 13.2 Å². The Labute approximate surface area is 80.4 Å². The van der Waals surface area contributed by atoms with E-state index in [2.05, 4.69) is 0 Å². The lowest BCUT2D eigenvalue weighted by molar-refractivity contribution is -0.183. The summed E-state index contributed by atoms with van der Waals surface area (Å²) in [7, 11) is 0. The molecule has 1 unspecified atom stereocenters. The number of carbonyl (C=O) groups is 1. The smallest absolute Gasteiger partial charge is 0.256 e. The molecule has 1 aliphatic heterocycles. The van der Waals surface area contributed by atoms with E-state index >= 15 is 0 Å². The summed E-state index contributed by atoms with van der Waals surface area (Å²) in [4.78, 5) is 16.1. The number of hydroxylamine groups is 2. The molecule has 82 valence electrons. The van der Waals surface area contributed by atoms with Crippen LogP contribution < -0.4 is 0 Å². The lowest BCUT2D eigenvalue weighted by Gasteiger charge is -2.22. The van der Waals surface area contributed by atoms with Crippen molar-refractivity contribution in [2.75, 3.05) is 13.2 Å². The molecule has 1 aliphatic rings. The fourth-order valence-corrected chi connectivity index (χ4v) is 1.06. The van der Waals surface area contributed by atoms with E-state index in [1.165, 1.54) is 0 Å². The Morgan fingerprint density at radius 2 is 2.29 bits per heavy atom. The molecule has 1 fully saturated rings. The maximum Gasteiger partial charge on any atom is 0.256 e. The van der Waals surface area contributed by atoms with Crippen LogP contribution in [0.25, 0.3) is 0 Å². The summed E-state index contributed by atoms with van der Waals surface area (Å²) in [5, 5.41) is 9.83. The average Bonchev–Trinajstić information content (AvgIpc) is 2.47. The Morgan fingerprint density at radius 1 is 1.71 bits per heavy atom. The largest absolute Gasteiger partial charge is 0.389 e. The van der Waals surface area contributed by atoms with E-state index in [0.717, 1.165) is 12.0 Å². The predicted molar refractivity (Wildman–Crippen MR) is 43.5 cm³/mol. The minimum absolute atomic E-state index is 0.0201. The molecule has 1 saturated heterocycles. The quantitative estimate of drug-likeness (QED) is 0.716. The molecule has 4 nitrogen and oxygen atoms in total. The van der Waals surface area contributed by atoms with Gasteiger partial charge in [0.25, 0.3) is 11.8 Å². The maximum absolute atomic E-state index is 12.8. The van der Waals surface area contributed by atoms with E-state index < -0.39 is 23.9 Å². The van der Waals surface area contributed by atoms with Crippen molar-refractivity contribution < 1.29 is 23.5 Å². The van der Waals surface area contributed by atoms with Crippen molar-refractivity contribution in [1.29, 1.82) is 0 Å². The molecule has 0 aromatic heterocycles. The van der Waals surface area contributed by atoms with Crippen LogP contribution in [0.2, 0.25) is 0 Å². The molecule has 14 heavy (non-hydrogen) atoms. The maximum atomic E-state index is 12.8. The number of alkyl halides is 2. The van der Waals surface area contributed by atoms with Gasteiger partial charge >= 0.3 is 0 Å². The van der Waals surface area contributed by atoms with Gasteiger partial charge in [-0.05, 0) is 6.92 Å². The van der Waals surface area contributed by atoms with Gasteiger partial charge in [0.1, 0.15) is 12.5 Å². The molecule has 1 rings (SSSR count). The van der Waals surface area contributed by atoms with Gasteiger partial charge in [-0.2, -0.15) is 0 Å². The zero-order valence-corrected chi connectivity index (χ0v) is 8.04. The van der Waals surface area contributed by atoms with Crippen molar-refractivity contribution in [3.05, 3.63) is 0 Å². The first kappa shape index (κ1) is 11.3. The highest BCUT2D eigenvalue weighted by atomic mass is 19.3. The van der Waals surface area contributed by atoms with E-state index in [9.17, 15) is 13.6 Å². The fourth-order valence-electron chi connectivity index (χ4n) is 1.06. The summed E-state index contributed by atoms with van der Waals surface area (Å²) in [6.07, 6.45) is -0.781. The molecule has 0 aromatic carbocycles. The molecule has 1 N–H and O–H groups in total. The van der Waals surface area contributed by atoms with Crippen LogP contribution in [-0.2, 0) is 9.63 Å². The topological polar surface area (TPSA) is 49.8 Å². The first-order chi connectivity index (χ1) is 6.32. The minimum atomic E-state index is -3.08. The van der Waals surface area contributed by atoms with Crippen LogP contribution in [0.3, 0.4) is 0 Å². The van der Waals surface area contributed by atoms with Crippen LogP contribution in [0.1, 0.15) is 13.8 Å². The third-order valence-corrected chi connectivity index (χ3v) is 2.18. The van der Waals surface area contributed by atoms with Crippen LogP contribution in [0, 0.1) is 5.92 Å². The number of rotatable bonds is 2. The normalized spacial score (nSPS) is 25.2. The summed E-state index contributed by atoms with van der Waals surface area (Å²) in [6, 6.07) is 0. The van der Waals surface area contributed by atoms with E-state index in [1.54, 1.807) is 0 Å². The van der Waals surface area contributed by atoms with Gasteiger partial charge in [-0.1, -0.05) is 0 Å². The summed E-state index contributed by atoms with van der Waals surface area (Å²) >= 11 is 0. The highest BCUT2D eigenvalue weighted by Gasteiger charge is 2.40. The number of amides is 1. The first-order valence-electron chi connectivity index (χ1n) is 4.32. The third kappa shape index (κ3) is 2.39. The SMILES string of the molecule is CC(C(=O)N1C[C@@H](O)CO1)C(C)(F)F. The standard InChI is InChI=1S/C8H13F2NO3/c1-5(8(2,9)10)7(13)11-3-6(12)4-14-11/h5-6,12H,3-4H2,1-2H3/t5?,6-/m1/s1. The van der Waals surface area contributed by atoms with Crippen molar-refractivity contribution in [2.45, 2.75) is 25.9 Å². The zero-order valence-electron chi connectivity index (χ0n) is 8.04. The second-order valence-corrected chi connectivity index (χ2v) is 3.53. The third-order valence-electron chi connectivity index (χ3n) is 2.18. The van der Waals surface area contributed by atoms with Crippen molar-refractivity contribution in [1.82, 2.24) is 5.06 Å². The number of β-amino-alcohol motifs (C(OH)–C–C–N with tert-alkyl or cyclic N) is 1. The second-order valence-electron chi connectivity index (χ2n) is 3.53. The Morgan fingerprint density at radius 3 is 2.64 bits per heavy atom. The molecule has 1 heterocycles. The van der Waals surface area contributed by atoms with E-state index in [1.807, 2.05) is 0 Å². The Bertz CT molecular complexity index is 229. The monoisotopic (exact) mass is 209 g/mol. The van der Waals surface area contributed by atoms with Gasteiger partial charge in [-0.15, -0.1) is 0 Å². The Balaban J connectivity index is 2.57.